The third-order valence-electron chi connectivity index (χ3n) is 9.71. The number of pyridine rings is 2. The Bertz CT molecular complexity index is 2070. The highest BCUT2D eigenvalue weighted by molar-refractivity contribution is 5.83. The van der Waals surface area contributed by atoms with E-state index in [1.54, 1.807) is 41.7 Å². The van der Waals surface area contributed by atoms with E-state index in [1.807, 2.05) is 25.3 Å². The summed E-state index contributed by atoms with van der Waals surface area (Å²) in [7, 11) is 3.45. The number of nitrogens with one attached hydrogen (secondary N) is 2. The highest BCUT2D eigenvalue weighted by atomic mass is 19.4. The molecule has 0 bridgehead atoms. The van der Waals surface area contributed by atoms with Crippen LogP contribution in [0.1, 0.15) is 55.3 Å². The summed E-state index contributed by atoms with van der Waals surface area (Å²) in [5, 5.41) is 29.3. The summed E-state index contributed by atoms with van der Waals surface area (Å²) in [6, 6.07) is 13.3. The minimum Gasteiger partial charge on any atom is -0.383 e. The highest BCUT2D eigenvalue weighted by Crippen LogP contribution is 2.43. The lowest BCUT2D eigenvalue weighted by atomic mass is 9.77. The van der Waals surface area contributed by atoms with E-state index in [2.05, 4.69) is 32.0 Å². The number of anilines is 1. The largest absolute Gasteiger partial charge is 0.416 e. The van der Waals surface area contributed by atoms with Gasteiger partial charge in [0.15, 0.2) is 11.6 Å². The van der Waals surface area contributed by atoms with E-state index in [4.69, 9.17) is 14.7 Å². The summed E-state index contributed by atoms with van der Waals surface area (Å²) in [4.78, 5) is 9.81. The first kappa shape index (κ1) is 33.4. The minimum absolute atomic E-state index is 0.0205. The average Bonchev–Trinajstić information content (AvgIpc) is 3.43. The first-order chi connectivity index (χ1) is 24.0. The molecule has 0 unspecified atom stereocenters. The van der Waals surface area contributed by atoms with Crippen molar-refractivity contribution in [3.05, 3.63) is 78.0 Å². The molecule has 2 aliphatic carbocycles. The number of aryl methyl sites for hydroxylation is 2. The van der Waals surface area contributed by atoms with Crippen LogP contribution in [0.5, 0.6) is 0 Å². The number of halogens is 3. The zero-order chi connectivity index (χ0) is 35.1. The van der Waals surface area contributed by atoms with Gasteiger partial charge in [-0.05, 0) is 92.1 Å². The molecule has 5 aromatic rings. The van der Waals surface area contributed by atoms with Gasteiger partial charge in [-0.1, -0.05) is 6.07 Å². The number of methoxy groups -OCH3 is 1. The minimum atomic E-state index is -4.57. The average molecular weight is 683 g/mol. The van der Waals surface area contributed by atoms with Crippen molar-refractivity contribution >= 4 is 5.82 Å². The zero-order valence-corrected chi connectivity index (χ0v) is 28.1. The standard InChI is InChI=1S/C36H37F3N10O/c1-23-5-7-27(19-41-35(21-50-3)9-4-10-35)44-32(23)25-18-43-49(20-25)31-16-24(15-30(45-31)46-34(11-12-34)13-14-40)29-17-26(36(37,38)39)6-8-28(29)33-47-42-22-48(33)2/h5-8,15-18,20,22,41H,4,9-13,19,21H2,1-3H3,(H,45,46). The molecule has 1 aromatic carbocycles. The Kier molecular flexibility index (Phi) is 8.65. The summed E-state index contributed by atoms with van der Waals surface area (Å²) in [5.74, 6) is 1.21. The third-order valence-corrected chi connectivity index (χ3v) is 9.71. The molecule has 50 heavy (non-hydrogen) atoms. The maximum absolute atomic E-state index is 14.0. The Morgan fingerprint density at radius 1 is 1.00 bits per heavy atom. The van der Waals surface area contributed by atoms with Crippen LogP contribution in [0.4, 0.5) is 19.0 Å². The van der Waals surface area contributed by atoms with E-state index in [0.29, 0.717) is 47.3 Å². The number of nitriles is 1. The molecule has 258 valence electrons. The molecule has 0 spiro atoms. The van der Waals surface area contributed by atoms with Gasteiger partial charge in [-0.3, -0.25) is 4.98 Å². The smallest absolute Gasteiger partial charge is 0.383 e. The molecule has 2 fully saturated rings. The zero-order valence-electron chi connectivity index (χ0n) is 28.1. The van der Waals surface area contributed by atoms with Crippen molar-refractivity contribution in [2.24, 2.45) is 7.05 Å². The number of hydrogen-bond donors (Lipinski definition) is 2. The molecule has 4 aromatic heterocycles. The number of nitrogens with zero attached hydrogens (tertiary/aromatic N) is 8. The van der Waals surface area contributed by atoms with Gasteiger partial charge in [0.1, 0.15) is 12.1 Å². The molecule has 0 aliphatic heterocycles. The van der Waals surface area contributed by atoms with E-state index in [-0.39, 0.29) is 12.0 Å². The Labute approximate surface area is 287 Å². The third kappa shape index (κ3) is 6.71. The molecular weight excluding hydrogens is 645 g/mol. The van der Waals surface area contributed by atoms with Crippen molar-refractivity contribution in [3.8, 4) is 45.7 Å². The molecule has 2 N–H and O–H groups in total. The SMILES string of the molecule is COCC1(NCc2ccc(C)c(-c3cnn(-c4cc(-c5cc(C(F)(F)F)ccc5-c5nncn5C)cc(NC5(CC#N)CC5)n4)c3)n2)CCC1. The monoisotopic (exact) mass is 682 g/mol. The van der Waals surface area contributed by atoms with Crippen LogP contribution in [0.25, 0.3) is 39.6 Å². The van der Waals surface area contributed by atoms with E-state index < -0.39 is 17.3 Å². The second kappa shape index (κ2) is 13.0. The molecule has 2 saturated carbocycles. The molecule has 0 atom stereocenters. The summed E-state index contributed by atoms with van der Waals surface area (Å²) in [6.07, 6.45) is 5.59. The number of hydrogen-bond acceptors (Lipinski definition) is 9. The van der Waals surface area contributed by atoms with Gasteiger partial charge < -0.3 is 19.9 Å². The van der Waals surface area contributed by atoms with Crippen LogP contribution in [0.3, 0.4) is 0 Å². The van der Waals surface area contributed by atoms with Gasteiger partial charge in [-0.2, -0.15) is 23.5 Å². The predicted molar refractivity (Wildman–Crippen MR) is 181 cm³/mol. The second-order valence-corrected chi connectivity index (χ2v) is 13.4. The van der Waals surface area contributed by atoms with Gasteiger partial charge in [-0.25, -0.2) is 9.67 Å². The lowest BCUT2D eigenvalue weighted by Crippen LogP contribution is -2.54. The lowest BCUT2D eigenvalue weighted by molar-refractivity contribution is -0.137. The van der Waals surface area contributed by atoms with Crippen LogP contribution in [0.2, 0.25) is 0 Å². The van der Waals surface area contributed by atoms with Crippen LogP contribution in [0.15, 0.2) is 61.2 Å². The maximum atomic E-state index is 14.0. The van der Waals surface area contributed by atoms with Gasteiger partial charge in [-0.15, -0.1) is 10.2 Å². The van der Waals surface area contributed by atoms with Crippen molar-refractivity contribution < 1.29 is 17.9 Å². The summed E-state index contributed by atoms with van der Waals surface area (Å²) in [6.45, 7) is 3.24. The fraction of sp³-hybridized carbons (Fsp3) is 0.389. The van der Waals surface area contributed by atoms with Crippen molar-refractivity contribution in [3.63, 3.8) is 0 Å². The highest BCUT2D eigenvalue weighted by Gasteiger charge is 2.43. The first-order valence-electron chi connectivity index (χ1n) is 16.5. The fourth-order valence-electron chi connectivity index (χ4n) is 6.51. The molecule has 7 rings (SSSR count). The van der Waals surface area contributed by atoms with Crippen molar-refractivity contribution in [1.82, 2.24) is 39.8 Å². The van der Waals surface area contributed by atoms with Gasteiger partial charge in [0.25, 0.3) is 0 Å². The summed E-state index contributed by atoms with van der Waals surface area (Å²) >= 11 is 0. The Morgan fingerprint density at radius 2 is 1.82 bits per heavy atom. The Morgan fingerprint density at radius 3 is 2.48 bits per heavy atom. The van der Waals surface area contributed by atoms with Crippen LogP contribution < -0.4 is 10.6 Å². The number of ether oxygens (including phenoxy) is 1. The van der Waals surface area contributed by atoms with Crippen LogP contribution in [0, 0.1) is 18.3 Å². The molecule has 11 nitrogen and oxygen atoms in total. The number of aromatic nitrogens is 7. The molecule has 14 heteroatoms. The molecule has 2 aliphatic rings. The van der Waals surface area contributed by atoms with Crippen LogP contribution >= 0.6 is 0 Å². The molecular formula is C36H37F3N10O. The lowest BCUT2D eigenvalue weighted by Gasteiger charge is -2.42. The number of benzene rings is 1. The molecule has 0 radical (unpaired) electrons. The van der Waals surface area contributed by atoms with Crippen LogP contribution in [-0.4, -0.2) is 59.3 Å². The van der Waals surface area contributed by atoms with Gasteiger partial charge in [0, 0.05) is 43.6 Å². The second-order valence-electron chi connectivity index (χ2n) is 13.4. The first-order valence-corrected chi connectivity index (χ1v) is 16.5. The molecule has 0 amide bonds. The quantitative estimate of drug-likeness (QED) is 0.149. The molecule has 4 heterocycles. The van der Waals surface area contributed by atoms with Crippen molar-refractivity contribution in [2.45, 2.75) is 69.2 Å². The normalized spacial score (nSPS) is 16.1. The number of alkyl halides is 3. The van der Waals surface area contributed by atoms with Gasteiger partial charge >= 0.3 is 6.18 Å². The van der Waals surface area contributed by atoms with E-state index in [0.717, 1.165) is 60.3 Å². The maximum Gasteiger partial charge on any atom is 0.416 e. The van der Waals surface area contributed by atoms with Crippen molar-refractivity contribution in [2.75, 3.05) is 19.0 Å². The van der Waals surface area contributed by atoms with E-state index >= 15 is 0 Å². The van der Waals surface area contributed by atoms with Crippen molar-refractivity contribution in [1.29, 1.82) is 5.26 Å². The van der Waals surface area contributed by atoms with Gasteiger partial charge in [0.2, 0.25) is 0 Å². The molecule has 0 saturated heterocycles. The van der Waals surface area contributed by atoms with Crippen LogP contribution in [-0.2, 0) is 24.5 Å². The summed E-state index contributed by atoms with van der Waals surface area (Å²) in [5.41, 5.74) is 3.38. The van der Waals surface area contributed by atoms with Gasteiger partial charge in [0.05, 0.1) is 47.8 Å². The van der Waals surface area contributed by atoms with E-state index in [9.17, 15) is 18.4 Å². The Hall–Kier alpha value is -5.13. The number of rotatable bonds is 12. The fourth-order valence-corrected chi connectivity index (χ4v) is 6.51. The summed E-state index contributed by atoms with van der Waals surface area (Å²) < 4.78 is 50.8. The Balaban J connectivity index is 1.28. The predicted octanol–water partition coefficient (Wildman–Crippen LogP) is 6.64. The topological polar surface area (TPSA) is 131 Å². The van der Waals surface area contributed by atoms with E-state index in [1.165, 1.54) is 18.8 Å².